The normalized spacial score (nSPS) is 10.7. The summed E-state index contributed by atoms with van der Waals surface area (Å²) >= 11 is 0. The molecule has 0 aliphatic carbocycles. The van der Waals surface area contributed by atoms with Crippen molar-refractivity contribution in [2.75, 3.05) is 13.2 Å². The van der Waals surface area contributed by atoms with E-state index in [0.717, 1.165) is 0 Å². The van der Waals surface area contributed by atoms with E-state index in [9.17, 15) is 14.8 Å². The molecule has 0 spiro atoms. The van der Waals surface area contributed by atoms with Crippen molar-refractivity contribution in [3.63, 3.8) is 0 Å². The predicted octanol–water partition coefficient (Wildman–Crippen LogP) is 1.08. The van der Waals surface area contributed by atoms with Gasteiger partial charge in [0.05, 0.1) is 13.2 Å². The van der Waals surface area contributed by atoms with Gasteiger partial charge in [0, 0.05) is 23.9 Å². The van der Waals surface area contributed by atoms with Crippen molar-refractivity contribution in [1.29, 1.82) is 0 Å². The number of hydrogen-bond donors (Lipinski definition) is 0. The van der Waals surface area contributed by atoms with E-state index in [0.29, 0.717) is 10.3 Å². The van der Waals surface area contributed by atoms with Crippen LogP contribution in [0.3, 0.4) is 0 Å². The van der Waals surface area contributed by atoms with E-state index in [2.05, 4.69) is 4.98 Å². The summed E-state index contributed by atoms with van der Waals surface area (Å²) in [7, 11) is 0. The quantitative estimate of drug-likeness (QED) is 0.355. The van der Waals surface area contributed by atoms with E-state index in [4.69, 9.17) is 9.47 Å². The Morgan fingerprint density at radius 1 is 1.23 bits per heavy atom. The molecule has 0 saturated heterocycles. The van der Waals surface area contributed by atoms with Crippen LogP contribution in [-0.4, -0.2) is 30.1 Å². The number of hydrogen-bond acceptors (Lipinski definition) is 6. The van der Waals surface area contributed by atoms with Crippen molar-refractivity contribution in [3.8, 4) is 0 Å². The smallest absolute Gasteiger partial charge is 0.324 e. The lowest BCUT2D eigenvalue weighted by atomic mass is 9.98. The van der Waals surface area contributed by atoms with Gasteiger partial charge in [0.25, 0.3) is 0 Å². The molecule has 2 aromatic rings. The Balaban J connectivity index is 2.59. The molecule has 0 aliphatic rings. The van der Waals surface area contributed by atoms with Crippen LogP contribution in [0.5, 0.6) is 0 Å². The Morgan fingerprint density at radius 2 is 1.86 bits per heavy atom. The number of carbonyl (C=O) groups is 2. The van der Waals surface area contributed by atoms with E-state index in [1.54, 1.807) is 26.0 Å². The SMILES string of the molecule is CCOC(=O)C(C(=O)OCC)c1cc[n+]([O-])c2cccnc12. The van der Waals surface area contributed by atoms with E-state index < -0.39 is 17.9 Å². The number of aromatic nitrogens is 2. The van der Waals surface area contributed by atoms with Gasteiger partial charge in [0.2, 0.25) is 5.52 Å². The first-order chi connectivity index (χ1) is 10.6. The lowest BCUT2D eigenvalue weighted by Gasteiger charge is -2.15. The van der Waals surface area contributed by atoms with Gasteiger partial charge in [0.15, 0.2) is 12.1 Å². The molecule has 0 aliphatic heterocycles. The minimum Gasteiger partial charge on any atom is -0.618 e. The topological polar surface area (TPSA) is 92.4 Å². The van der Waals surface area contributed by atoms with E-state index in [-0.39, 0.29) is 24.2 Å². The number of esters is 2. The van der Waals surface area contributed by atoms with Gasteiger partial charge in [0.1, 0.15) is 5.52 Å². The fraction of sp³-hybridized carbons (Fsp3) is 0.333. The highest BCUT2D eigenvalue weighted by molar-refractivity contribution is 6.03. The standard InChI is InChI=1S/C15H16N2O5/c1-3-21-14(18)12(15(19)22-4-2)10-7-9-17(20)11-6-5-8-16-13(10)11/h5-9,12H,3-4H2,1-2H3. The molecule has 0 N–H and O–H groups in total. The predicted molar refractivity (Wildman–Crippen MR) is 76.7 cm³/mol. The zero-order valence-electron chi connectivity index (χ0n) is 12.3. The molecule has 0 aromatic carbocycles. The Kier molecular flexibility index (Phi) is 4.88. The Hall–Kier alpha value is -2.70. The molecular formula is C15H16N2O5. The molecule has 0 unspecified atom stereocenters. The fourth-order valence-corrected chi connectivity index (χ4v) is 2.14. The molecule has 0 radical (unpaired) electrons. The molecule has 0 amide bonds. The second-order valence-corrected chi connectivity index (χ2v) is 4.41. The number of nitrogens with zero attached hydrogens (tertiary/aromatic N) is 2. The number of carbonyl (C=O) groups excluding carboxylic acids is 2. The first kappa shape index (κ1) is 15.7. The van der Waals surface area contributed by atoms with Crippen molar-refractivity contribution >= 4 is 23.0 Å². The van der Waals surface area contributed by atoms with Gasteiger partial charge in [-0.15, -0.1) is 0 Å². The summed E-state index contributed by atoms with van der Waals surface area (Å²) in [4.78, 5) is 28.4. The van der Waals surface area contributed by atoms with E-state index >= 15 is 0 Å². The Labute approximate surface area is 127 Å². The number of fused-ring (bicyclic) bond motifs is 1. The molecule has 22 heavy (non-hydrogen) atoms. The highest BCUT2D eigenvalue weighted by Gasteiger charge is 2.34. The second kappa shape index (κ2) is 6.84. The number of pyridine rings is 2. The van der Waals surface area contributed by atoms with Crippen molar-refractivity contribution in [2.45, 2.75) is 19.8 Å². The van der Waals surface area contributed by atoms with Crippen LogP contribution in [0.4, 0.5) is 0 Å². The Morgan fingerprint density at radius 3 is 2.45 bits per heavy atom. The van der Waals surface area contributed by atoms with Gasteiger partial charge in [-0.1, -0.05) is 0 Å². The van der Waals surface area contributed by atoms with Crippen LogP contribution in [0.2, 0.25) is 0 Å². The summed E-state index contributed by atoms with van der Waals surface area (Å²) in [6, 6.07) is 4.55. The van der Waals surface area contributed by atoms with Crippen LogP contribution in [0, 0.1) is 5.21 Å². The molecule has 2 aromatic heterocycles. The molecule has 116 valence electrons. The maximum Gasteiger partial charge on any atom is 0.324 e. The van der Waals surface area contributed by atoms with Crippen LogP contribution in [-0.2, 0) is 19.1 Å². The van der Waals surface area contributed by atoms with Crippen molar-refractivity contribution in [2.24, 2.45) is 0 Å². The zero-order valence-corrected chi connectivity index (χ0v) is 12.3. The monoisotopic (exact) mass is 304 g/mol. The molecule has 7 heteroatoms. The maximum atomic E-state index is 12.2. The van der Waals surface area contributed by atoms with Gasteiger partial charge < -0.3 is 14.7 Å². The van der Waals surface area contributed by atoms with E-state index in [1.165, 1.54) is 18.5 Å². The van der Waals surface area contributed by atoms with Gasteiger partial charge in [-0.3, -0.25) is 9.59 Å². The molecule has 2 rings (SSSR count). The van der Waals surface area contributed by atoms with Gasteiger partial charge >= 0.3 is 11.9 Å². The van der Waals surface area contributed by atoms with Crippen LogP contribution in [0.1, 0.15) is 25.3 Å². The Bertz CT molecular complexity index is 683. The average molecular weight is 304 g/mol. The highest BCUT2D eigenvalue weighted by atomic mass is 16.6. The highest BCUT2D eigenvalue weighted by Crippen LogP contribution is 2.24. The van der Waals surface area contributed by atoms with Crippen molar-refractivity contribution in [1.82, 2.24) is 4.98 Å². The summed E-state index contributed by atoms with van der Waals surface area (Å²) in [6.45, 7) is 3.56. The van der Waals surface area contributed by atoms with Crippen molar-refractivity contribution in [3.05, 3.63) is 41.4 Å². The second-order valence-electron chi connectivity index (χ2n) is 4.41. The lowest BCUT2D eigenvalue weighted by Crippen LogP contribution is -2.30. The molecule has 0 fully saturated rings. The minimum atomic E-state index is -1.27. The summed E-state index contributed by atoms with van der Waals surface area (Å²) < 4.78 is 10.5. The minimum absolute atomic E-state index is 0.133. The third-order valence-electron chi connectivity index (χ3n) is 3.04. The van der Waals surface area contributed by atoms with Gasteiger partial charge in [-0.2, -0.15) is 4.73 Å². The average Bonchev–Trinajstić information content (AvgIpc) is 2.51. The molecule has 0 atom stereocenters. The first-order valence-electron chi connectivity index (χ1n) is 6.90. The zero-order chi connectivity index (χ0) is 16.1. The third-order valence-corrected chi connectivity index (χ3v) is 3.04. The summed E-state index contributed by atoms with van der Waals surface area (Å²) in [5, 5.41) is 11.8. The molecule has 0 bridgehead atoms. The van der Waals surface area contributed by atoms with Gasteiger partial charge in [-0.05, 0) is 19.9 Å². The third kappa shape index (κ3) is 2.98. The molecule has 0 saturated carbocycles. The summed E-state index contributed by atoms with van der Waals surface area (Å²) in [6.07, 6.45) is 2.71. The van der Waals surface area contributed by atoms with Crippen molar-refractivity contribution < 1.29 is 23.8 Å². The summed E-state index contributed by atoms with van der Waals surface area (Å²) in [5.41, 5.74) is 0.823. The van der Waals surface area contributed by atoms with Crippen LogP contribution >= 0.6 is 0 Å². The van der Waals surface area contributed by atoms with Crippen LogP contribution in [0.15, 0.2) is 30.6 Å². The number of ether oxygens (including phenoxy) is 2. The summed E-state index contributed by atoms with van der Waals surface area (Å²) in [5.74, 6) is -2.72. The van der Waals surface area contributed by atoms with Crippen LogP contribution in [0.25, 0.3) is 11.0 Å². The maximum absolute atomic E-state index is 12.2. The molecule has 7 nitrogen and oxygen atoms in total. The lowest BCUT2D eigenvalue weighted by molar-refractivity contribution is -0.577. The van der Waals surface area contributed by atoms with Gasteiger partial charge in [-0.25, -0.2) is 4.98 Å². The molecule has 2 heterocycles. The largest absolute Gasteiger partial charge is 0.618 e. The molecular weight excluding hydrogens is 288 g/mol. The first-order valence-corrected chi connectivity index (χ1v) is 6.90. The fourth-order valence-electron chi connectivity index (χ4n) is 2.14. The number of rotatable bonds is 5. The van der Waals surface area contributed by atoms with E-state index in [1.807, 2.05) is 0 Å². The van der Waals surface area contributed by atoms with Crippen LogP contribution < -0.4 is 4.73 Å².